The molecule has 262 valence electrons. The van der Waals surface area contributed by atoms with Gasteiger partial charge in [-0.05, 0) is 73.1 Å². The summed E-state index contributed by atoms with van der Waals surface area (Å²) in [7, 11) is 3.94. The summed E-state index contributed by atoms with van der Waals surface area (Å²) in [5.74, 6) is 0.296. The molecule has 0 bridgehead atoms. The van der Waals surface area contributed by atoms with E-state index in [-0.39, 0.29) is 31.6 Å². The van der Waals surface area contributed by atoms with E-state index in [9.17, 15) is 4.79 Å². The monoisotopic (exact) mass is 721 g/mol. The van der Waals surface area contributed by atoms with Crippen LogP contribution < -0.4 is 20.2 Å². The quantitative estimate of drug-likeness (QED) is 0.188. The first-order valence-electron chi connectivity index (χ1n) is 16.2. The molecule has 2 aliphatic heterocycles. The zero-order valence-corrected chi connectivity index (χ0v) is 29.2. The van der Waals surface area contributed by atoms with Crippen molar-refractivity contribution < 1.29 is 14.2 Å². The van der Waals surface area contributed by atoms with E-state index < -0.39 is 5.79 Å². The van der Waals surface area contributed by atoms with Gasteiger partial charge in [-0.1, -0.05) is 29.3 Å². The van der Waals surface area contributed by atoms with Gasteiger partial charge < -0.3 is 28.9 Å². The highest BCUT2D eigenvalue weighted by atomic mass is 35.5. The molecule has 17 heteroatoms. The number of tetrazole rings is 1. The molecule has 5 aromatic rings. The summed E-state index contributed by atoms with van der Waals surface area (Å²) in [6.45, 7) is 5.31. The first-order chi connectivity index (χ1) is 24.3. The third-order valence-electron chi connectivity index (χ3n) is 8.71. The number of nitrogens with zero attached hydrogens (tertiary/aromatic N) is 11. The molecule has 0 radical (unpaired) electrons. The van der Waals surface area contributed by atoms with Crippen molar-refractivity contribution in [3.63, 3.8) is 0 Å². The van der Waals surface area contributed by atoms with E-state index in [1.807, 2.05) is 43.3 Å². The second-order valence-electron chi connectivity index (χ2n) is 12.4. The number of hydrogen-bond acceptors (Lipinski definition) is 12. The summed E-state index contributed by atoms with van der Waals surface area (Å²) in [4.78, 5) is 24.1. The van der Waals surface area contributed by atoms with E-state index in [0.717, 1.165) is 49.9 Å². The highest BCUT2D eigenvalue weighted by Crippen LogP contribution is 2.40. The molecule has 0 spiro atoms. The Morgan fingerprint density at radius 3 is 2.46 bits per heavy atom. The van der Waals surface area contributed by atoms with Crippen molar-refractivity contribution in [2.75, 3.05) is 69.8 Å². The molecule has 2 atom stereocenters. The number of anilines is 2. The molecule has 5 heterocycles. The average Bonchev–Trinajstić information content (AvgIpc) is 3.88. The van der Waals surface area contributed by atoms with Gasteiger partial charge in [-0.3, -0.25) is 0 Å². The summed E-state index contributed by atoms with van der Waals surface area (Å²) in [5.41, 5.74) is 2.39. The van der Waals surface area contributed by atoms with Crippen LogP contribution >= 0.6 is 23.2 Å². The smallest absolute Gasteiger partial charge is 0.350 e. The van der Waals surface area contributed by atoms with Gasteiger partial charge in [-0.25, -0.2) is 23.7 Å². The molecule has 2 saturated heterocycles. The van der Waals surface area contributed by atoms with Crippen LogP contribution in [-0.2, 0) is 28.4 Å². The van der Waals surface area contributed by atoms with Crippen LogP contribution in [-0.4, -0.2) is 111 Å². The highest BCUT2D eigenvalue weighted by molar-refractivity contribution is 6.35. The number of aromatic nitrogens is 8. The van der Waals surface area contributed by atoms with Crippen molar-refractivity contribution in [1.29, 1.82) is 0 Å². The van der Waals surface area contributed by atoms with E-state index in [1.165, 1.54) is 15.7 Å². The maximum absolute atomic E-state index is 12.8. The molecule has 0 unspecified atom stereocenters. The predicted octanol–water partition coefficient (Wildman–Crippen LogP) is 2.96. The number of hydrogen-bond donors (Lipinski definition) is 0. The van der Waals surface area contributed by atoms with Crippen molar-refractivity contribution in [1.82, 2.24) is 44.4 Å². The van der Waals surface area contributed by atoms with E-state index in [4.69, 9.17) is 37.4 Å². The van der Waals surface area contributed by atoms with E-state index in [0.29, 0.717) is 27.9 Å². The van der Waals surface area contributed by atoms with Crippen molar-refractivity contribution in [2.24, 2.45) is 0 Å². The van der Waals surface area contributed by atoms with Crippen LogP contribution in [0, 0.1) is 0 Å². The second kappa shape index (κ2) is 14.7. The normalized spacial score (nSPS) is 19.4. The molecule has 3 aromatic heterocycles. The number of ether oxygens (including phenoxy) is 3. The Bertz CT molecular complexity index is 1930. The Morgan fingerprint density at radius 1 is 0.980 bits per heavy atom. The van der Waals surface area contributed by atoms with Crippen molar-refractivity contribution in [3.05, 3.63) is 99.5 Å². The fraction of sp³-hybridized carbons (Fsp3) is 0.394. The molecule has 0 N–H and O–H groups in total. The van der Waals surface area contributed by atoms with Crippen LogP contribution in [0.15, 0.2) is 78.2 Å². The van der Waals surface area contributed by atoms with Crippen LogP contribution in [0.3, 0.4) is 0 Å². The standard InChI is InChI=1S/C33H37Cl2N11O4/c1-41(2)11-16-46-32(47)45(23-38-46)26-6-4-25(5-7-26)42-12-14-43(15-13-42)31-10-8-27(18-36-31)48-19-28-20-49-33(50-28,21-44-22-37-39-40-44)29-9-3-24(34)17-30(29)35/h3-10,17-18,22-23,28H,11-16,19-21H2,1-2H3/t28-,33-/m1/s1. The first kappa shape index (κ1) is 33.9. The summed E-state index contributed by atoms with van der Waals surface area (Å²) in [5, 5.41) is 16.6. The lowest BCUT2D eigenvalue weighted by Crippen LogP contribution is -2.46. The first-order valence-corrected chi connectivity index (χ1v) is 17.0. The molecule has 2 fully saturated rings. The van der Waals surface area contributed by atoms with Crippen LogP contribution in [0.2, 0.25) is 10.0 Å². The minimum absolute atomic E-state index is 0.142. The number of likely N-dealkylation sites (N-methyl/N-ethyl adjacent to an activating group) is 1. The fourth-order valence-corrected chi connectivity index (χ4v) is 6.59. The number of benzene rings is 2. The number of rotatable bonds is 12. The predicted molar refractivity (Wildman–Crippen MR) is 187 cm³/mol. The molecule has 0 aliphatic carbocycles. The molecule has 7 rings (SSSR count). The SMILES string of the molecule is CN(C)CCn1ncn(-c2ccc(N3CCN(c4ccc(OC[C@@H]5CO[C@@](Cn6cnnn6)(c6ccc(Cl)cc6Cl)O5)cn4)CC3)cc2)c1=O. The Labute approximate surface area is 298 Å². The zero-order valence-electron chi connectivity index (χ0n) is 27.7. The van der Waals surface area contributed by atoms with Gasteiger partial charge in [0.25, 0.3) is 0 Å². The lowest BCUT2D eigenvalue weighted by molar-refractivity contribution is -0.190. The van der Waals surface area contributed by atoms with Crippen molar-refractivity contribution in [2.45, 2.75) is 25.0 Å². The lowest BCUT2D eigenvalue weighted by atomic mass is 10.1. The fourth-order valence-electron chi connectivity index (χ4n) is 6.03. The topological polar surface area (TPSA) is 134 Å². The minimum atomic E-state index is -1.22. The molecular formula is C33H37Cl2N11O4. The Morgan fingerprint density at radius 2 is 1.76 bits per heavy atom. The van der Waals surface area contributed by atoms with Crippen LogP contribution in [0.1, 0.15) is 5.56 Å². The molecule has 2 aromatic carbocycles. The second-order valence-corrected chi connectivity index (χ2v) is 13.2. The Hall–Kier alpha value is -4.54. The van der Waals surface area contributed by atoms with Gasteiger partial charge in [-0.15, -0.1) is 5.10 Å². The summed E-state index contributed by atoms with van der Waals surface area (Å²) >= 11 is 12.7. The third-order valence-corrected chi connectivity index (χ3v) is 9.26. The van der Waals surface area contributed by atoms with Crippen LogP contribution in [0.5, 0.6) is 5.75 Å². The third kappa shape index (κ3) is 7.46. The maximum Gasteiger partial charge on any atom is 0.350 e. The number of halogens is 2. The van der Waals surface area contributed by atoms with E-state index >= 15 is 0 Å². The van der Waals surface area contributed by atoms with Gasteiger partial charge in [0.15, 0.2) is 0 Å². The summed E-state index contributed by atoms with van der Waals surface area (Å²) in [6, 6.07) is 17.1. The van der Waals surface area contributed by atoms with Crippen LogP contribution in [0.25, 0.3) is 5.69 Å². The van der Waals surface area contributed by atoms with Gasteiger partial charge in [-0.2, -0.15) is 5.10 Å². The number of piperazine rings is 1. The van der Waals surface area contributed by atoms with Gasteiger partial charge in [0.1, 0.15) is 43.5 Å². The van der Waals surface area contributed by atoms with Gasteiger partial charge >= 0.3 is 5.69 Å². The van der Waals surface area contributed by atoms with Gasteiger partial charge in [0.05, 0.1) is 30.1 Å². The van der Waals surface area contributed by atoms with E-state index in [1.54, 1.807) is 35.3 Å². The van der Waals surface area contributed by atoms with E-state index in [2.05, 4.69) is 47.5 Å². The maximum atomic E-state index is 12.8. The van der Waals surface area contributed by atoms with Crippen LogP contribution in [0.4, 0.5) is 11.5 Å². The largest absolute Gasteiger partial charge is 0.489 e. The summed E-state index contributed by atoms with van der Waals surface area (Å²) in [6.07, 6.45) is 4.41. The van der Waals surface area contributed by atoms with Crippen molar-refractivity contribution >= 4 is 34.7 Å². The van der Waals surface area contributed by atoms with Gasteiger partial charge in [0, 0.05) is 49.0 Å². The molecular weight excluding hydrogens is 685 g/mol. The molecule has 2 aliphatic rings. The molecule has 0 saturated carbocycles. The Kier molecular flexibility index (Phi) is 10.0. The minimum Gasteiger partial charge on any atom is -0.489 e. The average molecular weight is 723 g/mol. The molecule has 15 nitrogen and oxygen atoms in total. The lowest BCUT2D eigenvalue weighted by Gasteiger charge is -2.36. The van der Waals surface area contributed by atoms with Crippen molar-refractivity contribution in [3.8, 4) is 11.4 Å². The highest BCUT2D eigenvalue weighted by Gasteiger charge is 2.45. The Balaban J connectivity index is 0.915. The summed E-state index contributed by atoms with van der Waals surface area (Å²) < 4.78 is 23.3. The zero-order chi connectivity index (χ0) is 34.7. The molecule has 0 amide bonds. The van der Waals surface area contributed by atoms with Gasteiger partial charge in [0.2, 0.25) is 5.79 Å². The molecule has 50 heavy (non-hydrogen) atoms. The number of pyridine rings is 1.